The van der Waals surface area contributed by atoms with Gasteiger partial charge < -0.3 is 10.2 Å². The maximum absolute atomic E-state index is 12.3. The molecule has 3 aromatic rings. The fourth-order valence-corrected chi connectivity index (χ4v) is 4.35. The Morgan fingerprint density at radius 1 is 1.26 bits per heavy atom. The standard InChI is InChI=1S/C17H19N3OS2/c1-11-5-4-6-12(9-11)7-8-18-15(21)13-10-14-16(22-13)19-17(23-14)20(2)3/h4-6,9-10H,7-8H2,1-3H3,(H,18,21). The first-order chi connectivity index (χ1) is 11.0. The number of hydrogen-bond acceptors (Lipinski definition) is 5. The van der Waals surface area contributed by atoms with E-state index in [1.54, 1.807) is 11.3 Å². The molecule has 0 aliphatic rings. The number of aromatic nitrogens is 1. The number of fused-ring (bicyclic) bond motifs is 1. The number of benzene rings is 1. The zero-order valence-corrected chi connectivity index (χ0v) is 15.1. The van der Waals surface area contributed by atoms with Crippen LogP contribution in [-0.2, 0) is 6.42 Å². The molecular formula is C17H19N3OS2. The summed E-state index contributed by atoms with van der Waals surface area (Å²) >= 11 is 3.06. The van der Waals surface area contributed by atoms with Crippen molar-refractivity contribution in [3.05, 3.63) is 46.3 Å². The zero-order chi connectivity index (χ0) is 16.4. The summed E-state index contributed by atoms with van der Waals surface area (Å²) in [5.41, 5.74) is 2.49. The molecule has 1 amide bonds. The third kappa shape index (κ3) is 3.71. The van der Waals surface area contributed by atoms with Gasteiger partial charge in [0.05, 0.1) is 9.58 Å². The summed E-state index contributed by atoms with van der Waals surface area (Å²) < 4.78 is 1.07. The topological polar surface area (TPSA) is 45.2 Å². The van der Waals surface area contributed by atoms with Crippen LogP contribution < -0.4 is 10.2 Å². The van der Waals surface area contributed by atoms with Gasteiger partial charge in [0.15, 0.2) is 5.13 Å². The summed E-state index contributed by atoms with van der Waals surface area (Å²) in [5, 5.41) is 3.96. The minimum Gasteiger partial charge on any atom is -0.354 e. The number of nitrogens with one attached hydrogen (secondary N) is 1. The molecule has 3 rings (SSSR count). The first-order valence-electron chi connectivity index (χ1n) is 7.44. The van der Waals surface area contributed by atoms with Gasteiger partial charge in [0.25, 0.3) is 5.91 Å². The van der Waals surface area contributed by atoms with E-state index in [0.717, 1.165) is 26.0 Å². The van der Waals surface area contributed by atoms with Gasteiger partial charge in [0.1, 0.15) is 4.83 Å². The number of carbonyl (C=O) groups excluding carboxylic acids is 1. The maximum Gasteiger partial charge on any atom is 0.261 e. The highest BCUT2D eigenvalue weighted by Gasteiger charge is 2.14. The van der Waals surface area contributed by atoms with Crippen LogP contribution in [0.5, 0.6) is 0 Å². The van der Waals surface area contributed by atoms with E-state index in [1.165, 1.54) is 22.5 Å². The van der Waals surface area contributed by atoms with E-state index in [4.69, 9.17) is 0 Å². The van der Waals surface area contributed by atoms with E-state index in [9.17, 15) is 4.79 Å². The third-order valence-corrected chi connectivity index (χ3v) is 5.79. The molecule has 2 heterocycles. The molecule has 0 spiro atoms. The van der Waals surface area contributed by atoms with Crippen molar-refractivity contribution in [1.82, 2.24) is 10.3 Å². The summed E-state index contributed by atoms with van der Waals surface area (Å²) in [6, 6.07) is 10.3. The Labute approximate surface area is 143 Å². The molecule has 120 valence electrons. The fraction of sp³-hybridized carbons (Fsp3) is 0.294. The number of thiazole rings is 1. The number of nitrogens with zero attached hydrogens (tertiary/aromatic N) is 2. The molecule has 0 atom stereocenters. The van der Waals surface area contributed by atoms with E-state index in [-0.39, 0.29) is 5.91 Å². The Morgan fingerprint density at radius 2 is 2.09 bits per heavy atom. The van der Waals surface area contributed by atoms with Gasteiger partial charge >= 0.3 is 0 Å². The van der Waals surface area contributed by atoms with Gasteiger partial charge in [-0.15, -0.1) is 11.3 Å². The van der Waals surface area contributed by atoms with Crippen molar-refractivity contribution in [3.8, 4) is 0 Å². The Kier molecular flexibility index (Phi) is 4.63. The molecule has 0 radical (unpaired) electrons. The number of rotatable bonds is 5. The molecular weight excluding hydrogens is 326 g/mol. The minimum atomic E-state index is -0.0146. The van der Waals surface area contributed by atoms with E-state index in [0.29, 0.717) is 6.54 Å². The zero-order valence-electron chi connectivity index (χ0n) is 13.4. The van der Waals surface area contributed by atoms with Gasteiger partial charge in [-0.25, -0.2) is 4.98 Å². The number of carbonyl (C=O) groups is 1. The van der Waals surface area contributed by atoms with Crippen LogP contribution in [0.1, 0.15) is 20.8 Å². The van der Waals surface area contributed by atoms with Crippen LogP contribution in [0.4, 0.5) is 5.13 Å². The van der Waals surface area contributed by atoms with Crippen molar-refractivity contribution in [3.63, 3.8) is 0 Å². The van der Waals surface area contributed by atoms with E-state index in [1.807, 2.05) is 31.1 Å². The lowest BCUT2D eigenvalue weighted by molar-refractivity contribution is 0.0958. The number of hydrogen-bond donors (Lipinski definition) is 1. The van der Waals surface area contributed by atoms with Crippen LogP contribution in [0.15, 0.2) is 30.3 Å². The summed E-state index contributed by atoms with van der Waals surface area (Å²) in [5.74, 6) is -0.0146. The Bertz CT molecular complexity index is 804. The molecule has 0 unspecified atom stereocenters. The Hall–Kier alpha value is -1.92. The normalized spacial score (nSPS) is 10.9. The molecule has 0 aliphatic carbocycles. The molecule has 23 heavy (non-hydrogen) atoms. The average molecular weight is 345 g/mol. The monoisotopic (exact) mass is 345 g/mol. The van der Waals surface area contributed by atoms with Crippen LogP contribution in [0.2, 0.25) is 0 Å². The first-order valence-corrected chi connectivity index (χ1v) is 9.07. The van der Waals surface area contributed by atoms with Gasteiger partial charge in [-0.05, 0) is 25.0 Å². The van der Waals surface area contributed by atoms with Gasteiger partial charge in [0, 0.05) is 20.6 Å². The molecule has 0 bridgehead atoms. The highest BCUT2D eigenvalue weighted by atomic mass is 32.1. The van der Waals surface area contributed by atoms with Gasteiger partial charge in [-0.1, -0.05) is 41.2 Å². The van der Waals surface area contributed by atoms with Crippen molar-refractivity contribution >= 4 is 43.2 Å². The van der Waals surface area contributed by atoms with Crippen LogP contribution in [0, 0.1) is 6.92 Å². The molecule has 2 aromatic heterocycles. The Balaban J connectivity index is 1.60. The van der Waals surface area contributed by atoms with Crippen LogP contribution >= 0.6 is 22.7 Å². The van der Waals surface area contributed by atoms with Crippen molar-refractivity contribution in [2.24, 2.45) is 0 Å². The number of thiophene rings is 1. The molecule has 6 heteroatoms. The molecule has 0 aliphatic heterocycles. The summed E-state index contributed by atoms with van der Waals surface area (Å²) in [6.45, 7) is 2.72. The van der Waals surface area contributed by atoms with E-state index < -0.39 is 0 Å². The molecule has 4 nitrogen and oxygen atoms in total. The van der Waals surface area contributed by atoms with Gasteiger partial charge in [-0.3, -0.25) is 4.79 Å². The highest BCUT2D eigenvalue weighted by molar-refractivity contribution is 7.29. The molecule has 0 fully saturated rings. The van der Waals surface area contributed by atoms with Gasteiger partial charge in [0.2, 0.25) is 0 Å². The van der Waals surface area contributed by atoms with Crippen LogP contribution in [0.3, 0.4) is 0 Å². The van der Waals surface area contributed by atoms with E-state index >= 15 is 0 Å². The second-order valence-electron chi connectivity index (χ2n) is 5.67. The minimum absolute atomic E-state index is 0.0146. The van der Waals surface area contributed by atoms with Crippen LogP contribution in [-0.4, -0.2) is 31.5 Å². The quantitative estimate of drug-likeness (QED) is 0.767. The lowest BCUT2D eigenvalue weighted by atomic mass is 10.1. The summed E-state index contributed by atoms with van der Waals surface area (Å²) in [6.07, 6.45) is 0.843. The summed E-state index contributed by atoms with van der Waals surface area (Å²) in [7, 11) is 3.95. The number of amides is 1. The van der Waals surface area contributed by atoms with Crippen LogP contribution in [0.25, 0.3) is 9.53 Å². The largest absolute Gasteiger partial charge is 0.354 e. The number of aryl methyl sites for hydroxylation is 1. The van der Waals surface area contributed by atoms with Gasteiger partial charge in [-0.2, -0.15) is 0 Å². The number of anilines is 1. The predicted octanol–water partition coefficient (Wildman–Crippen LogP) is 3.70. The van der Waals surface area contributed by atoms with E-state index in [2.05, 4.69) is 35.4 Å². The smallest absolute Gasteiger partial charge is 0.261 e. The molecule has 0 saturated carbocycles. The fourth-order valence-electron chi connectivity index (χ4n) is 2.30. The van der Waals surface area contributed by atoms with Crippen molar-refractivity contribution in [1.29, 1.82) is 0 Å². The molecule has 1 aromatic carbocycles. The third-order valence-electron chi connectivity index (χ3n) is 3.47. The lowest BCUT2D eigenvalue weighted by Gasteiger charge is -2.05. The second-order valence-corrected chi connectivity index (χ2v) is 7.71. The van der Waals surface area contributed by atoms with Crippen molar-refractivity contribution in [2.45, 2.75) is 13.3 Å². The SMILES string of the molecule is Cc1cccc(CCNC(=O)c2cc3sc(N(C)C)nc3s2)c1. The molecule has 1 N–H and O–H groups in total. The first kappa shape index (κ1) is 16.0. The highest BCUT2D eigenvalue weighted by Crippen LogP contribution is 2.33. The maximum atomic E-state index is 12.3. The van der Waals surface area contributed by atoms with Crippen molar-refractivity contribution in [2.75, 3.05) is 25.5 Å². The molecule has 0 saturated heterocycles. The second kappa shape index (κ2) is 6.68. The summed E-state index contributed by atoms with van der Waals surface area (Å²) in [4.78, 5) is 20.4. The lowest BCUT2D eigenvalue weighted by Crippen LogP contribution is -2.24. The van der Waals surface area contributed by atoms with Crippen molar-refractivity contribution < 1.29 is 4.79 Å². The predicted molar refractivity (Wildman–Crippen MR) is 99.0 cm³/mol. The average Bonchev–Trinajstić information content (AvgIpc) is 3.05. The Morgan fingerprint density at radius 3 is 2.78 bits per heavy atom.